The average molecular weight is 322 g/mol. The third-order valence-electron chi connectivity index (χ3n) is 3.19. The van der Waals surface area contributed by atoms with E-state index >= 15 is 0 Å². The zero-order valence-electron chi connectivity index (χ0n) is 12.2. The molecule has 0 saturated carbocycles. The molecule has 0 aliphatic carbocycles. The maximum atomic E-state index is 12.3. The number of aldehydes is 1. The zero-order valence-corrected chi connectivity index (χ0v) is 13.0. The largest absolute Gasteiger partial charge is 0.348 e. The van der Waals surface area contributed by atoms with Gasteiger partial charge in [-0.1, -0.05) is 42.1 Å². The number of hydrogen-bond acceptors (Lipinski definition) is 3. The maximum Gasteiger partial charge on any atom is 0.272 e. The topological polar surface area (TPSA) is 62.0 Å². The molecule has 0 radical (unpaired) electrons. The highest BCUT2D eigenvalue weighted by molar-refractivity contribution is 7.99. The van der Waals surface area contributed by atoms with Gasteiger partial charge in [-0.25, -0.2) is 0 Å². The molecule has 1 heterocycles. The summed E-state index contributed by atoms with van der Waals surface area (Å²) in [6.07, 6.45) is 0.677. The monoisotopic (exact) mass is 322 g/mol. The highest BCUT2D eigenvalue weighted by atomic mass is 32.2. The predicted molar refractivity (Wildman–Crippen MR) is 91.1 cm³/mol. The van der Waals surface area contributed by atoms with Gasteiger partial charge in [0, 0.05) is 9.79 Å². The van der Waals surface area contributed by atoms with Gasteiger partial charge in [0.2, 0.25) is 0 Å². The van der Waals surface area contributed by atoms with Gasteiger partial charge in [-0.05, 0) is 36.4 Å². The second-order valence-electron chi connectivity index (χ2n) is 4.81. The molecule has 3 rings (SSSR count). The first kappa shape index (κ1) is 15.1. The number of aromatic amines is 1. The summed E-state index contributed by atoms with van der Waals surface area (Å²) in [6.45, 7) is 0. The van der Waals surface area contributed by atoms with Gasteiger partial charge in [-0.3, -0.25) is 9.59 Å². The Morgan fingerprint density at radius 2 is 1.70 bits per heavy atom. The third-order valence-corrected chi connectivity index (χ3v) is 4.27. The lowest BCUT2D eigenvalue weighted by atomic mass is 10.3. The summed E-state index contributed by atoms with van der Waals surface area (Å²) in [5.41, 5.74) is 1.46. The van der Waals surface area contributed by atoms with Crippen LogP contribution in [0.5, 0.6) is 0 Å². The molecular weight excluding hydrogens is 308 g/mol. The molecule has 0 fully saturated rings. The lowest BCUT2D eigenvalue weighted by Crippen LogP contribution is -2.13. The van der Waals surface area contributed by atoms with Gasteiger partial charge in [-0.15, -0.1) is 0 Å². The molecule has 3 aromatic rings. The van der Waals surface area contributed by atoms with Crippen molar-refractivity contribution >= 4 is 29.6 Å². The highest BCUT2D eigenvalue weighted by Gasteiger charge is 2.11. The molecule has 0 spiro atoms. The predicted octanol–water partition coefficient (Wildman–Crippen LogP) is 4.23. The van der Waals surface area contributed by atoms with Crippen LogP contribution in [0, 0.1) is 0 Å². The number of nitrogens with one attached hydrogen (secondary N) is 2. The fraction of sp³-hybridized carbons (Fsp3) is 0. The lowest BCUT2D eigenvalue weighted by molar-refractivity contribution is 0.102. The van der Waals surface area contributed by atoms with Crippen molar-refractivity contribution in [1.29, 1.82) is 0 Å². The summed E-state index contributed by atoms with van der Waals surface area (Å²) in [5, 5.41) is 2.88. The minimum absolute atomic E-state index is 0.279. The van der Waals surface area contributed by atoms with Crippen LogP contribution < -0.4 is 5.32 Å². The Bertz CT molecular complexity index is 828. The fourth-order valence-electron chi connectivity index (χ4n) is 2.08. The van der Waals surface area contributed by atoms with Crippen molar-refractivity contribution < 1.29 is 9.59 Å². The Hall–Kier alpha value is -2.79. The number of anilines is 1. The Kier molecular flexibility index (Phi) is 4.59. The number of para-hydroxylation sites is 1. The number of carbonyl (C=O) groups excluding carboxylic acids is 2. The molecule has 1 amide bonds. The molecule has 2 aromatic carbocycles. The first-order chi connectivity index (χ1) is 11.3. The van der Waals surface area contributed by atoms with Crippen molar-refractivity contribution in [2.24, 2.45) is 0 Å². The number of carbonyl (C=O) groups is 2. The standard InChI is InChI=1S/C18H14N2O2S/c21-12-13-10-11-16(19-13)18(22)20-15-8-4-5-9-17(15)23-14-6-2-1-3-7-14/h1-12,19H,(H,20,22). The molecule has 23 heavy (non-hydrogen) atoms. The van der Waals surface area contributed by atoms with E-state index in [1.165, 1.54) is 0 Å². The first-order valence-corrected chi connectivity index (χ1v) is 7.85. The molecule has 114 valence electrons. The number of amides is 1. The fourth-order valence-corrected chi connectivity index (χ4v) is 3.00. The summed E-state index contributed by atoms with van der Waals surface area (Å²) in [5.74, 6) is -0.279. The molecule has 0 saturated heterocycles. The second-order valence-corrected chi connectivity index (χ2v) is 5.93. The van der Waals surface area contributed by atoms with Crippen LogP contribution >= 0.6 is 11.8 Å². The van der Waals surface area contributed by atoms with E-state index in [0.29, 0.717) is 17.7 Å². The van der Waals surface area contributed by atoms with Crippen LogP contribution in [0.4, 0.5) is 5.69 Å². The second kappa shape index (κ2) is 6.98. The number of H-pyrrole nitrogens is 1. The Labute approximate surface area is 137 Å². The van der Waals surface area contributed by atoms with E-state index in [4.69, 9.17) is 0 Å². The SMILES string of the molecule is O=Cc1ccc(C(=O)Nc2ccccc2Sc2ccccc2)[nH]1. The van der Waals surface area contributed by atoms with Gasteiger partial charge in [0.05, 0.1) is 11.4 Å². The van der Waals surface area contributed by atoms with Crippen molar-refractivity contribution in [3.05, 3.63) is 78.1 Å². The molecule has 5 heteroatoms. The Morgan fingerprint density at radius 3 is 2.43 bits per heavy atom. The van der Waals surface area contributed by atoms with Crippen LogP contribution in [-0.2, 0) is 0 Å². The third kappa shape index (κ3) is 3.70. The smallest absolute Gasteiger partial charge is 0.272 e. The highest BCUT2D eigenvalue weighted by Crippen LogP contribution is 2.33. The number of rotatable bonds is 5. The average Bonchev–Trinajstić information content (AvgIpc) is 3.07. The normalized spacial score (nSPS) is 10.3. The number of hydrogen-bond donors (Lipinski definition) is 2. The van der Waals surface area contributed by atoms with Gasteiger partial charge in [0.1, 0.15) is 5.69 Å². The minimum Gasteiger partial charge on any atom is -0.348 e. The van der Waals surface area contributed by atoms with Crippen LogP contribution in [-0.4, -0.2) is 17.2 Å². The molecule has 2 N–H and O–H groups in total. The van der Waals surface area contributed by atoms with Gasteiger partial charge in [0.25, 0.3) is 5.91 Å². The molecule has 0 aliphatic heterocycles. The van der Waals surface area contributed by atoms with Crippen molar-refractivity contribution in [2.45, 2.75) is 9.79 Å². The van der Waals surface area contributed by atoms with E-state index in [0.717, 1.165) is 15.5 Å². The van der Waals surface area contributed by atoms with Crippen LogP contribution in [0.2, 0.25) is 0 Å². The Balaban J connectivity index is 1.80. The van der Waals surface area contributed by atoms with Gasteiger partial charge in [-0.2, -0.15) is 0 Å². The molecule has 0 unspecified atom stereocenters. The molecule has 0 atom stereocenters. The molecule has 0 aliphatic rings. The van der Waals surface area contributed by atoms with Gasteiger partial charge < -0.3 is 10.3 Å². The molecule has 4 nitrogen and oxygen atoms in total. The van der Waals surface area contributed by atoms with E-state index < -0.39 is 0 Å². The van der Waals surface area contributed by atoms with E-state index in [1.54, 1.807) is 23.9 Å². The van der Waals surface area contributed by atoms with E-state index in [9.17, 15) is 9.59 Å². The van der Waals surface area contributed by atoms with E-state index in [-0.39, 0.29) is 5.91 Å². The number of benzene rings is 2. The summed E-state index contributed by atoms with van der Waals surface area (Å²) >= 11 is 1.58. The van der Waals surface area contributed by atoms with Crippen LogP contribution in [0.1, 0.15) is 21.0 Å². The summed E-state index contributed by atoms with van der Waals surface area (Å²) in [4.78, 5) is 27.8. The van der Waals surface area contributed by atoms with Gasteiger partial charge >= 0.3 is 0 Å². The minimum atomic E-state index is -0.279. The van der Waals surface area contributed by atoms with E-state index in [2.05, 4.69) is 10.3 Å². The van der Waals surface area contributed by atoms with E-state index in [1.807, 2.05) is 54.6 Å². The lowest BCUT2D eigenvalue weighted by Gasteiger charge is -2.10. The van der Waals surface area contributed by atoms with Crippen molar-refractivity contribution in [2.75, 3.05) is 5.32 Å². The maximum absolute atomic E-state index is 12.3. The van der Waals surface area contributed by atoms with Crippen molar-refractivity contribution in [3.8, 4) is 0 Å². The van der Waals surface area contributed by atoms with Crippen LogP contribution in [0.3, 0.4) is 0 Å². The van der Waals surface area contributed by atoms with Crippen molar-refractivity contribution in [1.82, 2.24) is 4.98 Å². The van der Waals surface area contributed by atoms with Crippen LogP contribution in [0.15, 0.2) is 76.5 Å². The zero-order chi connectivity index (χ0) is 16.1. The first-order valence-electron chi connectivity index (χ1n) is 7.04. The molecule has 1 aromatic heterocycles. The quantitative estimate of drug-likeness (QED) is 0.691. The Morgan fingerprint density at radius 1 is 0.957 bits per heavy atom. The molecule has 0 bridgehead atoms. The summed E-state index contributed by atoms with van der Waals surface area (Å²) in [7, 11) is 0. The summed E-state index contributed by atoms with van der Waals surface area (Å²) < 4.78 is 0. The van der Waals surface area contributed by atoms with Gasteiger partial charge in [0.15, 0.2) is 6.29 Å². The number of aromatic nitrogens is 1. The van der Waals surface area contributed by atoms with Crippen molar-refractivity contribution in [3.63, 3.8) is 0 Å². The molecular formula is C18H14N2O2S. The summed E-state index contributed by atoms with van der Waals surface area (Å²) in [6, 6.07) is 20.7. The van der Waals surface area contributed by atoms with Crippen LogP contribution in [0.25, 0.3) is 0 Å².